The van der Waals surface area contributed by atoms with Gasteiger partial charge in [0.1, 0.15) is 11.5 Å². The number of phenolic OH excluding ortho intramolecular Hbond substituents is 1. The van der Waals surface area contributed by atoms with Crippen molar-refractivity contribution in [3.05, 3.63) is 17.7 Å². The molecule has 2 unspecified atom stereocenters. The molecule has 1 aromatic rings. The molecule has 1 aliphatic carbocycles. The predicted octanol–water partition coefficient (Wildman–Crippen LogP) is 3.94. The molecule has 4 heteroatoms. The van der Waals surface area contributed by atoms with Crippen molar-refractivity contribution >= 4 is 19.5 Å². The van der Waals surface area contributed by atoms with Crippen LogP contribution >= 0.6 is 0 Å². The summed E-state index contributed by atoms with van der Waals surface area (Å²) in [5.41, 5.74) is 0.787. The van der Waals surface area contributed by atoms with Gasteiger partial charge in [-0.3, -0.25) is 4.99 Å². The highest BCUT2D eigenvalue weighted by Crippen LogP contribution is 2.27. The molecular weight excluding hydrogens is 290 g/mol. The van der Waals surface area contributed by atoms with E-state index in [1.165, 1.54) is 19.3 Å². The highest BCUT2D eigenvalue weighted by atomic mass is 28.3. The lowest BCUT2D eigenvalue weighted by molar-refractivity contribution is 0.333. The maximum atomic E-state index is 10.6. The molecule has 0 bridgehead atoms. The second kappa shape index (κ2) is 6.86. The molecule has 1 fully saturated rings. The van der Waals surface area contributed by atoms with Gasteiger partial charge in [0.25, 0.3) is 0 Å². The van der Waals surface area contributed by atoms with Crippen LogP contribution in [0.3, 0.4) is 0 Å². The van der Waals surface area contributed by atoms with E-state index >= 15 is 0 Å². The van der Waals surface area contributed by atoms with Crippen LogP contribution < -0.4 is 9.92 Å². The van der Waals surface area contributed by atoms with Gasteiger partial charge in [-0.05, 0) is 36.1 Å². The van der Waals surface area contributed by atoms with E-state index in [9.17, 15) is 5.11 Å². The van der Waals surface area contributed by atoms with Crippen molar-refractivity contribution in [2.45, 2.75) is 58.3 Å². The molecule has 0 amide bonds. The minimum atomic E-state index is -1.63. The number of methoxy groups -OCH3 is 1. The fraction of sp³-hybridized carbons (Fsp3) is 0.611. The maximum absolute atomic E-state index is 10.6. The topological polar surface area (TPSA) is 41.8 Å². The number of hydrogen-bond acceptors (Lipinski definition) is 3. The molecule has 2 atom stereocenters. The van der Waals surface area contributed by atoms with E-state index in [2.05, 4.69) is 26.6 Å². The van der Waals surface area contributed by atoms with Crippen LogP contribution in [0, 0.1) is 5.92 Å². The van der Waals surface area contributed by atoms with E-state index in [4.69, 9.17) is 9.73 Å². The Hall–Kier alpha value is -1.29. The first kappa shape index (κ1) is 17.1. The zero-order valence-corrected chi connectivity index (χ0v) is 15.5. The number of aliphatic imine (C=N–C) groups is 1. The van der Waals surface area contributed by atoms with Crippen LogP contribution in [0.15, 0.2) is 17.1 Å². The number of ether oxygens (including phenoxy) is 1. The molecule has 0 aromatic heterocycles. The lowest BCUT2D eigenvalue weighted by Gasteiger charge is -2.25. The van der Waals surface area contributed by atoms with Crippen molar-refractivity contribution < 1.29 is 9.84 Å². The van der Waals surface area contributed by atoms with Crippen LogP contribution in [-0.4, -0.2) is 32.5 Å². The van der Waals surface area contributed by atoms with E-state index in [0.717, 1.165) is 22.9 Å². The van der Waals surface area contributed by atoms with Crippen LogP contribution in [0.5, 0.6) is 11.5 Å². The van der Waals surface area contributed by atoms with Gasteiger partial charge < -0.3 is 9.84 Å². The molecule has 1 aliphatic rings. The molecule has 1 aromatic carbocycles. The quantitative estimate of drug-likeness (QED) is 0.674. The van der Waals surface area contributed by atoms with E-state index in [1.807, 2.05) is 18.3 Å². The first-order valence-corrected chi connectivity index (χ1v) is 11.8. The Kier molecular flexibility index (Phi) is 5.32. The number of phenols is 1. The molecule has 122 valence electrons. The molecule has 1 N–H and O–H groups in total. The fourth-order valence-corrected chi connectivity index (χ4v) is 4.54. The van der Waals surface area contributed by atoms with E-state index < -0.39 is 8.07 Å². The monoisotopic (exact) mass is 319 g/mol. The Morgan fingerprint density at radius 1 is 1.23 bits per heavy atom. The molecule has 0 radical (unpaired) electrons. The molecule has 1 saturated carbocycles. The molecule has 3 nitrogen and oxygen atoms in total. The summed E-state index contributed by atoms with van der Waals surface area (Å²) in [7, 11) is 0.0405. The van der Waals surface area contributed by atoms with Gasteiger partial charge in [0.2, 0.25) is 0 Å². The summed E-state index contributed by atoms with van der Waals surface area (Å²) < 4.78 is 5.41. The highest BCUT2D eigenvalue weighted by molar-refractivity contribution is 6.89. The molecule has 22 heavy (non-hydrogen) atoms. The predicted molar refractivity (Wildman–Crippen MR) is 96.7 cm³/mol. The highest BCUT2D eigenvalue weighted by Gasteiger charge is 2.24. The summed E-state index contributed by atoms with van der Waals surface area (Å²) >= 11 is 0. The Morgan fingerprint density at radius 2 is 1.91 bits per heavy atom. The molecule has 0 heterocycles. The summed E-state index contributed by atoms with van der Waals surface area (Å²) in [6.07, 6.45) is 6.84. The second-order valence-corrected chi connectivity index (χ2v) is 12.5. The average Bonchev–Trinajstić information content (AvgIpc) is 2.46. The van der Waals surface area contributed by atoms with Crippen molar-refractivity contribution in [3.8, 4) is 11.5 Å². The van der Waals surface area contributed by atoms with Gasteiger partial charge in [-0.2, -0.15) is 0 Å². The van der Waals surface area contributed by atoms with Gasteiger partial charge in [-0.15, -0.1) is 0 Å². The summed E-state index contributed by atoms with van der Waals surface area (Å²) in [5, 5.41) is 11.7. The Labute approximate surface area is 135 Å². The van der Waals surface area contributed by atoms with Gasteiger partial charge in [0.15, 0.2) is 0 Å². The minimum Gasteiger partial charge on any atom is -0.507 e. The van der Waals surface area contributed by atoms with Crippen molar-refractivity contribution in [1.29, 1.82) is 0 Å². The second-order valence-electron chi connectivity index (χ2n) is 7.47. The van der Waals surface area contributed by atoms with Gasteiger partial charge in [0.05, 0.1) is 21.2 Å². The van der Waals surface area contributed by atoms with E-state index in [-0.39, 0.29) is 0 Å². The van der Waals surface area contributed by atoms with Crippen molar-refractivity contribution in [2.24, 2.45) is 10.9 Å². The van der Waals surface area contributed by atoms with E-state index in [1.54, 1.807) is 7.11 Å². The van der Waals surface area contributed by atoms with Crippen LogP contribution in [0.25, 0.3) is 0 Å². The molecular formula is C18H29NO2Si. The first-order chi connectivity index (χ1) is 10.3. The zero-order chi connectivity index (χ0) is 16.3. The lowest BCUT2D eigenvalue weighted by atomic mass is 9.86. The van der Waals surface area contributed by atoms with Crippen molar-refractivity contribution in [2.75, 3.05) is 7.11 Å². The third-order valence-corrected chi connectivity index (χ3v) is 6.63. The first-order valence-electron chi connectivity index (χ1n) is 8.27. The number of aromatic hydroxyl groups is 1. The minimum absolute atomic E-state index is 0.382. The van der Waals surface area contributed by atoms with Crippen molar-refractivity contribution in [1.82, 2.24) is 0 Å². The van der Waals surface area contributed by atoms with Crippen LogP contribution in [-0.2, 0) is 0 Å². The molecule has 0 aliphatic heterocycles. The van der Waals surface area contributed by atoms with Gasteiger partial charge in [-0.1, -0.05) is 39.4 Å². The third-order valence-electron chi connectivity index (χ3n) is 4.63. The average molecular weight is 320 g/mol. The van der Waals surface area contributed by atoms with Crippen molar-refractivity contribution in [3.63, 3.8) is 0 Å². The number of hydrogen-bond donors (Lipinski definition) is 1. The maximum Gasteiger partial charge on any atom is 0.123 e. The number of benzene rings is 1. The standard InChI is InChI=1S/C18H29NO2Si/c1-13-8-6-7-9-16(13)19-12-14-10-15(21-2)11-17(18(14)20)22(3,4)5/h10-13,16,20H,6-9H2,1-5H3. The Balaban J connectivity index is 2.33. The van der Waals surface area contributed by atoms with Gasteiger partial charge in [-0.25, -0.2) is 0 Å². The largest absolute Gasteiger partial charge is 0.507 e. The fourth-order valence-electron chi connectivity index (χ4n) is 3.11. The van der Waals surface area contributed by atoms with E-state index in [0.29, 0.717) is 17.7 Å². The third kappa shape index (κ3) is 3.91. The summed E-state index contributed by atoms with van der Waals surface area (Å²) in [4.78, 5) is 4.77. The summed E-state index contributed by atoms with van der Waals surface area (Å²) in [5.74, 6) is 1.81. The smallest absolute Gasteiger partial charge is 0.123 e. The summed E-state index contributed by atoms with van der Waals surface area (Å²) in [6, 6.07) is 4.24. The lowest BCUT2D eigenvalue weighted by Crippen LogP contribution is -2.38. The van der Waals surface area contributed by atoms with Crippen LogP contribution in [0.4, 0.5) is 0 Å². The molecule has 0 saturated heterocycles. The number of nitrogens with zero attached hydrogens (tertiary/aromatic N) is 1. The van der Waals surface area contributed by atoms with Gasteiger partial charge in [0, 0.05) is 11.8 Å². The Bertz CT molecular complexity index is 549. The molecule has 2 rings (SSSR count). The van der Waals surface area contributed by atoms with Crippen LogP contribution in [0.2, 0.25) is 19.6 Å². The SMILES string of the molecule is COc1cc(C=NC2CCCCC2C)c(O)c([Si](C)(C)C)c1. The number of rotatable bonds is 4. The molecule has 0 spiro atoms. The zero-order valence-electron chi connectivity index (χ0n) is 14.5. The van der Waals surface area contributed by atoms with Gasteiger partial charge >= 0.3 is 0 Å². The Morgan fingerprint density at radius 3 is 2.50 bits per heavy atom. The summed E-state index contributed by atoms with van der Waals surface area (Å²) in [6.45, 7) is 8.96. The normalized spacial score (nSPS) is 23.0. The van der Waals surface area contributed by atoms with Crippen LogP contribution in [0.1, 0.15) is 38.2 Å².